The van der Waals surface area contributed by atoms with E-state index in [9.17, 15) is 8.78 Å². The van der Waals surface area contributed by atoms with Crippen LogP contribution in [0.1, 0.15) is 39.2 Å². The van der Waals surface area contributed by atoms with Crippen molar-refractivity contribution in [3.8, 4) is 28.3 Å². The van der Waals surface area contributed by atoms with Crippen molar-refractivity contribution >= 4 is 0 Å². The molecule has 4 rings (SSSR count). The third-order valence-corrected chi connectivity index (χ3v) is 6.71. The fourth-order valence-electron chi connectivity index (χ4n) is 4.07. The van der Waals surface area contributed by atoms with Crippen LogP contribution in [0.2, 0.25) is 0 Å². The van der Waals surface area contributed by atoms with Crippen LogP contribution in [0, 0.1) is 5.92 Å². The molecular weight excluding hydrogens is 400 g/mol. The van der Waals surface area contributed by atoms with Gasteiger partial charge in [0.15, 0.2) is 0 Å². The van der Waals surface area contributed by atoms with E-state index in [2.05, 4.69) is 53.1 Å². The molecule has 3 heterocycles. The first-order valence-electron chi connectivity index (χ1n) is 10.4. The van der Waals surface area contributed by atoms with Gasteiger partial charge in [-0.25, -0.2) is 8.78 Å². The lowest BCUT2D eigenvalue weighted by atomic mass is 9.79. The van der Waals surface area contributed by atoms with Gasteiger partial charge in [0.25, 0.3) is 6.43 Å². The Kier molecular flexibility index (Phi) is 5.75. The average Bonchev–Trinajstić information content (AvgIpc) is 3.30. The highest BCUT2D eigenvalue weighted by molar-refractivity contribution is 5.71. The second kappa shape index (κ2) is 8.34. The van der Waals surface area contributed by atoms with Gasteiger partial charge >= 0.3 is 0 Å². The molecule has 0 saturated carbocycles. The highest BCUT2D eigenvalue weighted by atomic mass is 19.3. The number of alkyl halides is 2. The number of aromatic nitrogens is 4. The van der Waals surface area contributed by atoms with Crippen molar-refractivity contribution in [3.05, 3.63) is 48.3 Å². The molecule has 2 aromatic heterocycles. The van der Waals surface area contributed by atoms with E-state index >= 15 is 0 Å². The molecule has 1 aromatic carbocycles. The number of hydrogen-bond acceptors (Lipinski definition) is 5. The summed E-state index contributed by atoms with van der Waals surface area (Å²) in [6.45, 7) is 7.54. The zero-order chi connectivity index (χ0) is 22.2. The molecule has 6 nitrogen and oxygen atoms in total. The quantitative estimate of drug-likeness (QED) is 0.623. The highest BCUT2D eigenvalue weighted by Crippen LogP contribution is 2.36. The van der Waals surface area contributed by atoms with Gasteiger partial charge in [-0.3, -0.25) is 5.10 Å². The second-order valence-corrected chi connectivity index (χ2v) is 8.66. The Balaban J connectivity index is 1.56. The van der Waals surface area contributed by atoms with Crippen LogP contribution in [-0.4, -0.2) is 50.5 Å². The van der Waals surface area contributed by atoms with Crippen LogP contribution in [0.5, 0.6) is 5.88 Å². The van der Waals surface area contributed by atoms with Gasteiger partial charge in [-0.1, -0.05) is 19.1 Å². The van der Waals surface area contributed by atoms with Gasteiger partial charge in [0.2, 0.25) is 5.88 Å². The Hall–Kier alpha value is -2.87. The molecule has 1 aliphatic rings. The van der Waals surface area contributed by atoms with Gasteiger partial charge < -0.3 is 9.64 Å². The molecule has 0 spiro atoms. The summed E-state index contributed by atoms with van der Waals surface area (Å²) in [6.07, 6.45) is 1.55. The van der Waals surface area contributed by atoms with Crippen molar-refractivity contribution < 1.29 is 13.5 Å². The third-order valence-electron chi connectivity index (χ3n) is 6.71. The number of piperidine rings is 1. The van der Waals surface area contributed by atoms with Gasteiger partial charge in [-0.05, 0) is 45.0 Å². The molecule has 1 aliphatic heterocycles. The molecule has 2 atom stereocenters. The van der Waals surface area contributed by atoms with E-state index in [0.29, 0.717) is 28.6 Å². The first-order chi connectivity index (χ1) is 14.8. The molecule has 0 aliphatic carbocycles. The number of nitrogens with one attached hydrogen (secondary N) is 1. The van der Waals surface area contributed by atoms with Crippen LogP contribution in [0.15, 0.2) is 42.7 Å². The van der Waals surface area contributed by atoms with Crippen molar-refractivity contribution in [3.63, 3.8) is 0 Å². The summed E-state index contributed by atoms with van der Waals surface area (Å²) in [6, 6.07) is 8.29. The number of aromatic amines is 1. The molecule has 1 N–H and O–H groups in total. The molecular formula is C23H27F2N5O. The Bertz CT molecular complexity index is 1020. The summed E-state index contributed by atoms with van der Waals surface area (Å²) in [5.41, 5.74) is 2.08. The van der Waals surface area contributed by atoms with Gasteiger partial charge in [0, 0.05) is 47.0 Å². The molecule has 2 unspecified atom stereocenters. The largest absolute Gasteiger partial charge is 0.473 e. The number of benzene rings is 1. The fraction of sp³-hybridized carbons (Fsp3) is 0.435. The van der Waals surface area contributed by atoms with Crippen molar-refractivity contribution in [2.75, 3.05) is 13.6 Å². The first kappa shape index (κ1) is 21.4. The summed E-state index contributed by atoms with van der Waals surface area (Å²) >= 11 is 0. The number of rotatable bonds is 5. The van der Waals surface area contributed by atoms with Crippen LogP contribution < -0.4 is 4.74 Å². The molecule has 1 fully saturated rings. The van der Waals surface area contributed by atoms with Gasteiger partial charge in [0.05, 0.1) is 11.9 Å². The lowest BCUT2D eigenvalue weighted by Crippen LogP contribution is -2.56. The monoisotopic (exact) mass is 427 g/mol. The highest BCUT2D eigenvalue weighted by Gasteiger charge is 2.40. The number of nitrogens with zero attached hydrogens (tertiary/aromatic N) is 4. The van der Waals surface area contributed by atoms with E-state index in [0.717, 1.165) is 18.5 Å². The zero-order valence-electron chi connectivity index (χ0n) is 18.1. The molecule has 1 saturated heterocycles. The van der Waals surface area contributed by atoms with Crippen LogP contribution >= 0.6 is 0 Å². The predicted molar refractivity (Wildman–Crippen MR) is 115 cm³/mol. The number of hydrogen-bond donors (Lipinski definition) is 1. The lowest BCUT2D eigenvalue weighted by molar-refractivity contribution is -0.0301. The Morgan fingerprint density at radius 2 is 1.97 bits per heavy atom. The maximum Gasteiger partial charge on any atom is 0.264 e. The summed E-state index contributed by atoms with van der Waals surface area (Å²) in [4.78, 5) is 2.34. The Morgan fingerprint density at radius 1 is 1.16 bits per heavy atom. The normalized spacial score (nSPS) is 21.4. The Morgan fingerprint density at radius 3 is 2.61 bits per heavy atom. The maximum atomic E-state index is 13.8. The van der Waals surface area contributed by atoms with Gasteiger partial charge in [-0.15, -0.1) is 10.2 Å². The van der Waals surface area contributed by atoms with Crippen molar-refractivity contribution in [2.45, 2.75) is 45.3 Å². The molecule has 0 amide bonds. The SMILES string of the molecule is CC1C(Oc2ccc(-c3ccc(-c4cn[nH]c4)cc3C(F)F)nn2)CCN(C)C1(C)C. The first-order valence-corrected chi connectivity index (χ1v) is 10.4. The summed E-state index contributed by atoms with van der Waals surface area (Å²) in [7, 11) is 2.12. The number of likely N-dealkylation sites (tertiary alicyclic amines) is 1. The smallest absolute Gasteiger partial charge is 0.264 e. The molecule has 31 heavy (non-hydrogen) atoms. The fourth-order valence-corrected chi connectivity index (χ4v) is 4.07. The zero-order valence-corrected chi connectivity index (χ0v) is 18.1. The summed E-state index contributed by atoms with van der Waals surface area (Å²) in [5, 5.41) is 14.9. The van der Waals surface area contributed by atoms with Crippen LogP contribution in [0.4, 0.5) is 8.78 Å². The van der Waals surface area contributed by atoms with Crippen molar-refractivity contribution in [2.24, 2.45) is 5.92 Å². The van der Waals surface area contributed by atoms with Gasteiger partial charge in [0.1, 0.15) is 6.10 Å². The van der Waals surface area contributed by atoms with Gasteiger partial charge in [-0.2, -0.15) is 5.10 Å². The maximum absolute atomic E-state index is 13.8. The van der Waals surface area contributed by atoms with E-state index in [-0.39, 0.29) is 17.2 Å². The van der Waals surface area contributed by atoms with E-state index in [4.69, 9.17) is 4.74 Å². The van der Waals surface area contributed by atoms with Crippen LogP contribution in [-0.2, 0) is 0 Å². The molecule has 0 bridgehead atoms. The summed E-state index contributed by atoms with van der Waals surface area (Å²) < 4.78 is 33.7. The topological polar surface area (TPSA) is 66.9 Å². The van der Waals surface area contributed by atoms with E-state index < -0.39 is 6.43 Å². The van der Waals surface area contributed by atoms with Crippen molar-refractivity contribution in [1.82, 2.24) is 25.3 Å². The van der Waals surface area contributed by atoms with E-state index in [1.54, 1.807) is 36.7 Å². The average molecular weight is 427 g/mol. The van der Waals surface area contributed by atoms with Crippen LogP contribution in [0.3, 0.4) is 0 Å². The van der Waals surface area contributed by atoms with E-state index in [1.807, 2.05) is 0 Å². The number of ether oxygens (including phenoxy) is 1. The molecule has 8 heteroatoms. The number of H-pyrrole nitrogens is 1. The molecule has 0 radical (unpaired) electrons. The van der Waals surface area contributed by atoms with E-state index in [1.165, 1.54) is 6.07 Å². The van der Waals surface area contributed by atoms with Crippen molar-refractivity contribution in [1.29, 1.82) is 0 Å². The number of halogens is 2. The molecule has 3 aromatic rings. The Labute approximate surface area is 180 Å². The third kappa shape index (κ3) is 4.17. The minimum atomic E-state index is -2.64. The minimum absolute atomic E-state index is 0.0131. The lowest BCUT2D eigenvalue weighted by Gasteiger charge is -2.48. The predicted octanol–water partition coefficient (Wildman–Crippen LogP) is 4.97. The summed E-state index contributed by atoms with van der Waals surface area (Å²) in [5.74, 6) is 0.711. The second-order valence-electron chi connectivity index (χ2n) is 8.66. The standard InChI is InChI=1S/C23H27F2N5O/c1-14-20(9-10-30(4)23(14,2)3)31-21-8-7-19(28-29-21)17-6-5-15(11-18(17)22(24)25)16-12-26-27-13-16/h5-8,11-14,20,22H,9-10H2,1-4H3,(H,26,27). The minimum Gasteiger partial charge on any atom is -0.473 e. The van der Waals surface area contributed by atoms with Crippen LogP contribution in [0.25, 0.3) is 22.4 Å². The molecule has 164 valence electrons.